The van der Waals surface area contributed by atoms with E-state index in [-0.39, 0.29) is 19.6 Å². The van der Waals surface area contributed by atoms with Crippen molar-refractivity contribution in [2.45, 2.75) is 19.4 Å². The van der Waals surface area contributed by atoms with Gasteiger partial charge in [0.25, 0.3) is 0 Å². The fourth-order valence-electron chi connectivity index (χ4n) is 1.68. The van der Waals surface area contributed by atoms with E-state index in [1.54, 1.807) is 25.1 Å². The van der Waals surface area contributed by atoms with E-state index in [4.69, 9.17) is 14.7 Å². The molecule has 0 saturated carbocycles. The number of rotatable bonds is 7. The molecule has 1 atom stereocenters. The molecule has 1 aromatic rings. The maximum atomic E-state index is 11.2. The van der Waals surface area contributed by atoms with Crippen molar-refractivity contribution >= 4 is 11.7 Å². The van der Waals surface area contributed by atoms with Crippen molar-refractivity contribution in [2.75, 3.05) is 25.6 Å². The zero-order chi connectivity index (χ0) is 15.0. The lowest BCUT2D eigenvalue weighted by Crippen LogP contribution is -2.24. The molecule has 0 aromatic heterocycles. The summed E-state index contributed by atoms with van der Waals surface area (Å²) < 4.78 is 9.90. The molecule has 0 fully saturated rings. The van der Waals surface area contributed by atoms with Gasteiger partial charge in [-0.2, -0.15) is 5.26 Å². The van der Waals surface area contributed by atoms with Crippen LogP contribution in [0.1, 0.15) is 18.9 Å². The molecule has 0 aliphatic carbocycles. The lowest BCUT2D eigenvalue weighted by Gasteiger charge is -2.15. The summed E-state index contributed by atoms with van der Waals surface area (Å²) in [5.41, 5.74) is 0.910. The van der Waals surface area contributed by atoms with E-state index in [1.165, 1.54) is 7.11 Å². The summed E-state index contributed by atoms with van der Waals surface area (Å²) in [7, 11) is 1.50. The van der Waals surface area contributed by atoms with E-state index in [0.717, 1.165) is 0 Å². The minimum Gasteiger partial charge on any atom is -0.495 e. The van der Waals surface area contributed by atoms with Crippen LogP contribution < -0.4 is 10.1 Å². The van der Waals surface area contributed by atoms with Crippen LogP contribution in [0, 0.1) is 11.3 Å². The molecular weight excluding hydrogens is 260 g/mol. The van der Waals surface area contributed by atoms with Crippen LogP contribution in [0.3, 0.4) is 0 Å². The highest BCUT2D eigenvalue weighted by Crippen LogP contribution is 2.27. The SMILES string of the molecule is CCOC(=O)CC(O)CNc1c(C#N)cccc1OC. The zero-order valence-corrected chi connectivity index (χ0v) is 11.5. The first-order valence-corrected chi connectivity index (χ1v) is 6.27. The van der Waals surface area contributed by atoms with E-state index in [1.807, 2.05) is 6.07 Å². The molecule has 2 N–H and O–H groups in total. The first-order valence-electron chi connectivity index (χ1n) is 6.27. The fraction of sp³-hybridized carbons (Fsp3) is 0.429. The number of aliphatic hydroxyl groups excluding tert-OH is 1. The first kappa shape index (κ1) is 15.8. The van der Waals surface area contributed by atoms with E-state index in [9.17, 15) is 9.90 Å². The first-order chi connectivity index (χ1) is 9.62. The molecular formula is C14H18N2O4. The molecule has 20 heavy (non-hydrogen) atoms. The average molecular weight is 278 g/mol. The van der Waals surface area contributed by atoms with Crippen molar-refractivity contribution in [3.63, 3.8) is 0 Å². The van der Waals surface area contributed by atoms with E-state index in [0.29, 0.717) is 17.0 Å². The van der Waals surface area contributed by atoms with Crippen molar-refractivity contribution in [3.8, 4) is 11.8 Å². The third-order valence-electron chi connectivity index (χ3n) is 2.59. The topological polar surface area (TPSA) is 91.6 Å². The predicted octanol–water partition coefficient (Wildman–Crippen LogP) is 1.29. The molecule has 0 radical (unpaired) electrons. The Bertz CT molecular complexity index is 496. The summed E-state index contributed by atoms with van der Waals surface area (Å²) >= 11 is 0. The van der Waals surface area contributed by atoms with Crippen LogP contribution in [0.5, 0.6) is 5.75 Å². The number of carbonyl (C=O) groups excluding carboxylic acids is 1. The van der Waals surface area contributed by atoms with Gasteiger partial charge in [0.15, 0.2) is 0 Å². The number of benzene rings is 1. The Morgan fingerprint density at radius 3 is 2.90 bits per heavy atom. The van der Waals surface area contributed by atoms with Crippen molar-refractivity contribution in [1.82, 2.24) is 0 Å². The molecule has 0 aliphatic rings. The Labute approximate surface area is 117 Å². The number of hydrogen-bond acceptors (Lipinski definition) is 6. The highest BCUT2D eigenvalue weighted by molar-refractivity contribution is 5.70. The van der Waals surface area contributed by atoms with E-state index < -0.39 is 12.1 Å². The largest absolute Gasteiger partial charge is 0.495 e. The maximum absolute atomic E-state index is 11.2. The molecule has 1 rings (SSSR count). The number of aliphatic hydroxyl groups is 1. The van der Waals surface area contributed by atoms with Crippen LogP contribution in [0.15, 0.2) is 18.2 Å². The molecule has 6 heteroatoms. The second-order valence-electron chi connectivity index (χ2n) is 4.04. The second kappa shape index (κ2) is 8.02. The smallest absolute Gasteiger partial charge is 0.308 e. The van der Waals surface area contributed by atoms with Gasteiger partial charge in [-0.05, 0) is 19.1 Å². The number of carbonyl (C=O) groups is 1. The number of nitrogens with zero attached hydrogens (tertiary/aromatic N) is 1. The van der Waals surface area contributed by atoms with E-state index in [2.05, 4.69) is 5.32 Å². The molecule has 1 unspecified atom stereocenters. The fourth-order valence-corrected chi connectivity index (χ4v) is 1.68. The van der Waals surface area contributed by atoms with Gasteiger partial charge in [0, 0.05) is 6.54 Å². The molecule has 0 aliphatic heterocycles. The number of para-hydroxylation sites is 1. The van der Waals surface area contributed by atoms with Crippen molar-refractivity contribution < 1.29 is 19.4 Å². The molecule has 1 aromatic carbocycles. The summed E-state index contributed by atoms with van der Waals surface area (Å²) in [5.74, 6) is 0.0507. The summed E-state index contributed by atoms with van der Waals surface area (Å²) in [6.45, 7) is 2.11. The van der Waals surface area contributed by atoms with Crippen LogP contribution >= 0.6 is 0 Å². The van der Waals surface area contributed by atoms with Gasteiger partial charge in [0.2, 0.25) is 0 Å². The molecule has 0 amide bonds. The Morgan fingerprint density at radius 2 is 2.30 bits per heavy atom. The Morgan fingerprint density at radius 1 is 1.55 bits per heavy atom. The van der Waals surface area contributed by atoms with Gasteiger partial charge in [-0.1, -0.05) is 6.07 Å². The van der Waals surface area contributed by atoms with Crippen LogP contribution in [-0.4, -0.2) is 37.4 Å². The summed E-state index contributed by atoms with van der Waals surface area (Å²) in [5, 5.41) is 21.7. The average Bonchev–Trinajstić information content (AvgIpc) is 2.44. The van der Waals surface area contributed by atoms with Crippen molar-refractivity contribution in [2.24, 2.45) is 0 Å². The highest BCUT2D eigenvalue weighted by Gasteiger charge is 2.14. The van der Waals surface area contributed by atoms with Gasteiger partial charge in [-0.15, -0.1) is 0 Å². The predicted molar refractivity (Wildman–Crippen MR) is 73.5 cm³/mol. The number of nitriles is 1. The van der Waals surface area contributed by atoms with Crippen LogP contribution in [0.4, 0.5) is 5.69 Å². The number of ether oxygens (including phenoxy) is 2. The Hall–Kier alpha value is -2.26. The zero-order valence-electron chi connectivity index (χ0n) is 11.5. The second-order valence-corrected chi connectivity index (χ2v) is 4.04. The third kappa shape index (κ3) is 4.44. The lowest BCUT2D eigenvalue weighted by atomic mass is 10.1. The van der Waals surface area contributed by atoms with E-state index >= 15 is 0 Å². The van der Waals surface area contributed by atoms with Crippen LogP contribution in [-0.2, 0) is 9.53 Å². The minimum absolute atomic E-state index is 0.0993. The normalized spacial score (nSPS) is 11.3. The lowest BCUT2D eigenvalue weighted by molar-refractivity contribution is -0.145. The molecule has 0 saturated heterocycles. The summed E-state index contributed by atoms with van der Waals surface area (Å²) in [4.78, 5) is 11.2. The van der Waals surface area contributed by atoms with Gasteiger partial charge in [0.1, 0.15) is 11.8 Å². The van der Waals surface area contributed by atoms with Gasteiger partial charge in [-0.25, -0.2) is 0 Å². The molecule has 0 bridgehead atoms. The Kier molecular flexibility index (Phi) is 6.33. The number of esters is 1. The van der Waals surface area contributed by atoms with Crippen LogP contribution in [0.25, 0.3) is 0 Å². The number of methoxy groups -OCH3 is 1. The van der Waals surface area contributed by atoms with Crippen molar-refractivity contribution in [1.29, 1.82) is 5.26 Å². The summed E-state index contributed by atoms with van der Waals surface area (Å²) in [6.07, 6.45) is -0.997. The molecule has 0 spiro atoms. The van der Waals surface area contributed by atoms with Gasteiger partial charge >= 0.3 is 5.97 Å². The molecule has 6 nitrogen and oxygen atoms in total. The monoisotopic (exact) mass is 278 g/mol. The van der Waals surface area contributed by atoms with Gasteiger partial charge in [0.05, 0.1) is 37.5 Å². The maximum Gasteiger partial charge on any atom is 0.308 e. The minimum atomic E-state index is -0.898. The number of anilines is 1. The standard InChI is InChI=1S/C14H18N2O4/c1-3-20-13(18)7-11(17)9-16-14-10(8-15)5-4-6-12(14)19-2/h4-6,11,16-17H,3,7,9H2,1-2H3. The summed E-state index contributed by atoms with van der Waals surface area (Å²) in [6, 6.07) is 7.10. The number of nitrogens with one attached hydrogen (secondary N) is 1. The van der Waals surface area contributed by atoms with Crippen molar-refractivity contribution in [3.05, 3.63) is 23.8 Å². The molecule has 108 valence electrons. The Balaban J connectivity index is 2.65. The van der Waals surface area contributed by atoms with Gasteiger partial charge in [-0.3, -0.25) is 4.79 Å². The third-order valence-corrected chi connectivity index (χ3v) is 2.59. The highest BCUT2D eigenvalue weighted by atomic mass is 16.5. The van der Waals surface area contributed by atoms with Gasteiger partial charge < -0.3 is 19.9 Å². The number of hydrogen-bond donors (Lipinski definition) is 2. The quantitative estimate of drug-likeness (QED) is 0.730. The van der Waals surface area contributed by atoms with Crippen LogP contribution in [0.2, 0.25) is 0 Å². The molecule has 0 heterocycles.